The topological polar surface area (TPSA) is 63.4 Å². The maximum atomic E-state index is 12.5. The van der Waals surface area contributed by atoms with Crippen LogP contribution in [-0.4, -0.2) is 25.3 Å². The van der Waals surface area contributed by atoms with E-state index in [9.17, 15) is 8.42 Å². The zero-order valence-electron chi connectivity index (χ0n) is 10.3. The average molecular weight is 333 g/mol. The fourth-order valence-electron chi connectivity index (χ4n) is 1.90. The standard InChI is InChI=1S/C12H17BrN2O2S/c1-2-7-15(9-3-4-9)18(16,17)10-5-6-11(13)12(14)8-10/h5-6,8-9H,2-4,7,14H2,1H3. The van der Waals surface area contributed by atoms with Crippen LogP contribution >= 0.6 is 15.9 Å². The molecule has 0 radical (unpaired) electrons. The number of benzene rings is 1. The van der Waals surface area contributed by atoms with Crippen LogP contribution in [0.3, 0.4) is 0 Å². The Morgan fingerprint density at radius 2 is 2.11 bits per heavy atom. The van der Waals surface area contributed by atoms with Crippen molar-refractivity contribution in [1.82, 2.24) is 4.31 Å². The molecule has 1 fully saturated rings. The van der Waals surface area contributed by atoms with Crippen molar-refractivity contribution in [2.75, 3.05) is 12.3 Å². The van der Waals surface area contributed by atoms with Gasteiger partial charge in [-0.25, -0.2) is 8.42 Å². The molecular weight excluding hydrogens is 316 g/mol. The van der Waals surface area contributed by atoms with Gasteiger partial charge in [-0.15, -0.1) is 0 Å². The summed E-state index contributed by atoms with van der Waals surface area (Å²) in [6.45, 7) is 2.56. The van der Waals surface area contributed by atoms with Gasteiger partial charge >= 0.3 is 0 Å². The number of nitrogens with zero attached hydrogens (tertiary/aromatic N) is 1. The fraction of sp³-hybridized carbons (Fsp3) is 0.500. The van der Waals surface area contributed by atoms with Gasteiger partial charge in [-0.2, -0.15) is 4.31 Å². The lowest BCUT2D eigenvalue weighted by Gasteiger charge is -2.21. The Morgan fingerprint density at radius 1 is 1.44 bits per heavy atom. The van der Waals surface area contributed by atoms with E-state index in [0.29, 0.717) is 12.2 Å². The van der Waals surface area contributed by atoms with Crippen LogP contribution in [0.15, 0.2) is 27.6 Å². The zero-order valence-corrected chi connectivity index (χ0v) is 12.7. The third kappa shape index (κ3) is 2.70. The largest absolute Gasteiger partial charge is 0.398 e. The van der Waals surface area contributed by atoms with Crippen molar-refractivity contribution in [2.45, 2.75) is 37.1 Å². The van der Waals surface area contributed by atoms with Crippen molar-refractivity contribution in [3.8, 4) is 0 Å². The summed E-state index contributed by atoms with van der Waals surface area (Å²) in [5.41, 5.74) is 6.20. The fourth-order valence-corrected chi connectivity index (χ4v) is 3.96. The van der Waals surface area contributed by atoms with Gasteiger partial charge in [0.25, 0.3) is 0 Å². The smallest absolute Gasteiger partial charge is 0.243 e. The minimum absolute atomic E-state index is 0.180. The van der Waals surface area contributed by atoms with Gasteiger partial charge in [0.1, 0.15) is 0 Å². The molecule has 100 valence electrons. The minimum atomic E-state index is -3.41. The molecule has 0 spiro atoms. The molecule has 1 aromatic rings. The van der Waals surface area contributed by atoms with Crippen LogP contribution in [0.25, 0.3) is 0 Å². The highest BCUT2D eigenvalue weighted by Gasteiger charge is 2.37. The number of nitrogen functional groups attached to an aromatic ring is 1. The second kappa shape index (κ2) is 5.19. The van der Waals surface area contributed by atoms with Crippen LogP contribution < -0.4 is 5.73 Å². The predicted octanol–water partition coefficient (Wildman–Crippen LogP) is 2.59. The SMILES string of the molecule is CCCN(C1CC1)S(=O)(=O)c1ccc(Br)c(N)c1. The van der Waals surface area contributed by atoms with E-state index in [1.165, 1.54) is 6.07 Å². The van der Waals surface area contributed by atoms with E-state index in [1.807, 2.05) is 6.92 Å². The highest BCUT2D eigenvalue weighted by atomic mass is 79.9. The van der Waals surface area contributed by atoms with Crippen LogP contribution in [0.4, 0.5) is 5.69 Å². The summed E-state index contributed by atoms with van der Waals surface area (Å²) in [6.07, 6.45) is 2.75. The summed E-state index contributed by atoms with van der Waals surface area (Å²) >= 11 is 3.27. The summed E-state index contributed by atoms with van der Waals surface area (Å²) in [7, 11) is -3.41. The molecule has 0 heterocycles. The van der Waals surface area contributed by atoms with E-state index in [1.54, 1.807) is 16.4 Å². The summed E-state index contributed by atoms with van der Waals surface area (Å²) in [5.74, 6) is 0. The summed E-state index contributed by atoms with van der Waals surface area (Å²) in [6, 6.07) is 4.98. The first-order chi connectivity index (χ1) is 8.46. The Labute approximate surface area is 116 Å². The van der Waals surface area contributed by atoms with E-state index >= 15 is 0 Å². The molecule has 0 aromatic heterocycles. The summed E-state index contributed by atoms with van der Waals surface area (Å²) < 4.78 is 27.4. The molecule has 2 rings (SSSR count). The van der Waals surface area contributed by atoms with Crippen LogP contribution in [0.1, 0.15) is 26.2 Å². The molecule has 1 saturated carbocycles. The van der Waals surface area contributed by atoms with Crippen molar-refractivity contribution in [3.63, 3.8) is 0 Å². The quantitative estimate of drug-likeness (QED) is 0.843. The van der Waals surface area contributed by atoms with Gasteiger partial charge in [0, 0.05) is 22.7 Å². The van der Waals surface area contributed by atoms with Crippen molar-refractivity contribution in [3.05, 3.63) is 22.7 Å². The number of hydrogen-bond donors (Lipinski definition) is 1. The third-order valence-corrected chi connectivity index (χ3v) is 5.64. The summed E-state index contributed by atoms with van der Waals surface area (Å²) in [5, 5.41) is 0. The number of halogens is 1. The first-order valence-electron chi connectivity index (χ1n) is 6.03. The Morgan fingerprint density at radius 3 is 2.61 bits per heavy atom. The highest BCUT2D eigenvalue weighted by molar-refractivity contribution is 9.10. The van der Waals surface area contributed by atoms with Crippen molar-refractivity contribution in [2.24, 2.45) is 0 Å². The van der Waals surface area contributed by atoms with Crippen molar-refractivity contribution in [1.29, 1.82) is 0 Å². The van der Waals surface area contributed by atoms with Gasteiger partial charge in [-0.05, 0) is 53.4 Å². The summed E-state index contributed by atoms with van der Waals surface area (Å²) in [4.78, 5) is 0.281. The molecule has 0 atom stereocenters. The molecule has 2 N–H and O–H groups in total. The maximum absolute atomic E-state index is 12.5. The van der Waals surface area contributed by atoms with Crippen LogP contribution in [-0.2, 0) is 10.0 Å². The highest BCUT2D eigenvalue weighted by Crippen LogP contribution is 2.33. The van der Waals surface area contributed by atoms with Crippen LogP contribution in [0.2, 0.25) is 0 Å². The molecule has 1 aliphatic rings. The van der Waals surface area contributed by atoms with E-state index in [-0.39, 0.29) is 10.9 Å². The molecule has 18 heavy (non-hydrogen) atoms. The van der Waals surface area contributed by atoms with E-state index < -0.39 is 10.0 Å². The molecule has 0 saturated heterocycles. The van der Waals surface area contributed by atoms with Gasteiger partial charge in [-0.1, -0.05) is 6.92 Å². The molecule has 1 aromatic carbocycles. The molecule has 0 bridgehead atoms. The lowest BCUT2D eigenvalue weighted by Crippen LogP contribution is -2.33. The Balaban J connectivity index is 2.36. The molecule has 0 aliphatic heterocycles. The maximum Gasteiger partial charge on any atom is 0.243 e. The first-order valence-corrected chi connectivity index (χ1v) is 8.27. The molecule has 6 heteroatoms. The zero-order chi connectivity index (χ0) is 13.3. The van der Waals surface area contributed by atoms with Gasteiger partial charge in [0.2, 0.25) is 10.0 Å². The Bertz CT molecular complexity index is 541. The third-order valence-electron chi connectivity index (χ3n) is 2.97. The second-order valence-electron chi connectivity index (χ2n) is 4.53. The molecule has 0 unspecified atom stereocenters. The van der Waals surface area contributed by atoms with E-state index in [2.05, 4.69) is 15.9 Å². The lowest BCUT2D eigenvalue weighted by atomic mass is 10.3. The Kier molecular flexibility index (Phi) is 3.99. The lowest BCUT2D eigenvalue weighted by molar-refractivity contribution is 0.403. The number of hydrogen-bond acceptors (Lipinski definition) is 3. The van der Waals surface area contributed by atoms with E-state index in [0.717, 1.165) is 23.7 Å². The van der Waals surface area contributed by atoms with Crippen molar-refractivity contribution < 1.29 is 8.42 Å². The monoisotopic (exact) mass is 332 g/mol. The van der Waals surface area contributed by atoms with E-state index in [4.69, 9.17) is 5.73 Å². The number of rotatable bonds is 5. The normalized spacial score (nSPS) is 16.2. The van der Waals surface area contributed by atoms with Gasteiger partial charge < -0.3 is 5.73 Å². The first kappa shape index (κ1) is 13.8. The van der Waals surface area contributed by atoms with Crippen molar-refractivity contribution >= 4 is 31.6 Å². The number of anilines is 1. The molecular formula is C12H17BrN2O2S. The average Bonchev–Trinajstić information content (AvgIpc) is 3.13. The molecule has 4 nitrogen and oxygen atoms in total. The van der Waals surface area contributed by atoms with Gasteiger partial charge in [0.05, 0.1) is 4.90 Å². The van der Waals surface area contributed by atoms with Crippen LogP contribution in [0.5, 0.6) is 0 Å². The minimum Gasteiger partial charge on any atom is -0.398 e. The van der Waals surface area contributed by atoms with Crippen LogP contribution in [0, 0.1) is 0 Å². The molecule has 0 amide bonds. The molecule has 1 aliphatic carbocycles. The predicted molar refractivity (Wildman–Crippen MR) is 75.8 cm³/mol. The van der Waals surface area contributed by atoms with Gasteiger partial charge in [-0.3, -0.25) is 0 Å². The Hall–Kier alpha value is -0.590. The number of nitrogens with two attached hydrogens (primary N) is 1. The number of sulfonamides is 1. The second-order valence-corrected chi connectivity index (χ2v) is 7.28. The van der Waals surface area contributed by atoms with Gasteiger partial charge in [0.15, 0.2) is 0 Å².